The van der Waals surface area contributed by atoms with Crippen molar-refractivity contribution >= 4 is 15.9 Å². The number of carbonyl (C=O) groups is 1. The van der Waals surface area contributed by atoms with Crippen LogP contribution in [0.3, 0.4) is 0 Å². The van der Waals surface area contributed by atoms with E-state index in [0.29, 0.717) is 18.3 Å². The van der Waals surface area contributed by atoms with Gasteiger partial charge in [-0.1, -0.05) is 19.8 Å². The molecule has 2 atom stereocenters. The van der Waals surface area contributed by atoms with Gasteiger partial charge in [-0.3, -0.25) is 4.79 Å². The molecule has 2 unspecified atom stereocenters. The summed E-state index contributed by atoms with van der Waals surface area (Å²) in [5.74, 6) is 1.01. The summed E-state index contributed by atoms with van der Waals surface area (Å²) in [6.45, 7) is 4.63. The highest BCUT2D eigenvalue weighted by atomic mass is 32.2. The molecule has 1 aliphatic carbocycles. The zero-order chi connectivity index (χ0) is 18.3. The molecule has 0 bridgehead atoms. The topological polar surface area (TPSA) is 84.5 Å². The van der Waals surface area contributed by atoms with E-state index >= 15 is 0 Å². The maximum Gasteiger partial charge on any atom is 0.240 e. The predicted octanol–water partition coefficient (Wildman–Crippen LogP) is 2.45. The summed E-state index contributed by atoms with van der Waals surface area (Å²) in [5.41, 5.74) is 0. The fraction of sp³-hybridized carbons (Fsp3) is 0.611. The average molecular weight is 368 g/mol. The van der Waals surface area contributed by atoms with E-state index in [0.717, 1.165) is 19.3 Å². The van der Waals surface area contributed by atoms with E-state index in [9.17, 15) is 13.2 Å². The lowest BCUT2D eigenvalue weighted by molar-refractivity contribution is -0.122. The molecule has 2 N–H and O–H groups in total. The van der Waals surface area contributed by atoms with Crippen LogP contribution < -0.4 is 14.8 Å². The number of rotatable bonds is 8. The predicted molar refractivity (Wildman–Crippen MR) is 97.0 cm³/mol. The van der Waals surface area contributed by atoms with E-state index in [2.05, 4.69) is 17.0 Å². The highest BCUT2D eigenvalue weighted by molar-refractivity contribution is 7.89. The van der Waals surface area contributed by atoms with Crippen LogP contribution in [-0.4, -0.2) is 33.5 Å². The summed E-state index contributed by atoms with van der Waals surface area (Å²) in [5, 5.41) is 3.03. The maximum atomic E-state index is 12.2. The number of hydrogen-bond donors (Lipinski definition) is 2. The Labute approximate surface area is 150 Å². The van der Waals surface area contributed by atoms with Gasteiger partial charge in [0.15, 0.2) is 0 Å². The van der Waals surface area contributed by atoms with Gasteiger partial charge in [0.1, 0.15) is 5.75 Å². The Morgan fingerprint density at radius 1 is 1.20 bits per heavy atom. The Morgan fingerprint density at radius 3 is 2.52 bits per heavy atom. The molecule has 1 aromatic carbocycles. The molecule has 1 saturated carbocycles. The van der Waals surface area contributed by atoms with E-state index in [1.807, 2.05) is 6.92 Å². The van der Waals surface area contributed by atoms with Crippen molar-refractivity contribution < 1.29 is 17.9 Å². The molecule has 0 heterocycles. The van der Waals surface area contributed by atoms with Crippen LogP contribution in [0.2, 0.25) is 0 Å². The van der Waals surface area contributed by atoms with Crippen molar-refractivity contribution in [2.75, 3.05) is 13.2 Å². The molecule has 140 valence electrons. The SMILES string of the molecule is CCOc1ccc(S(=O)(=O)NCCC(=O)NC2CCCCC2C)cc1. The number of benzene rings is 1. The van der Waals surface area contributed by atoms with Crippen LogP contribution >= 0.6 is 0 Å². The molecule has 0 aliphatic heterocycles. The summed E-state index contributed by atoms with van der Waals surface area (Å²) in [4.78, 5) is 12.2. The monoisotopic (exact) mass is 368 g/mol. The van der Waals surface area contributed by atoms with E-state index in [1.54, 1.807) is 12.1 Å². The van der Waals surface area contributed by atoms with Gasteiger partial charge < -0.3 is 10.1 Å². The third kappa shape index (κ3) is 6.01. The number of carbonyl (C=O) groups excluding carboxylic acids is 1. The Bertz CT molecular complexity index is 658. The molecular weight excluding hydrogens is 340 g/mol. The van der Waals surface area contributed by atoms with Crippen LogP contribution in [0.5, 0.6) is 5.75 Å². The molecular formula is C18H28N2O4S. The first kappa shape index (κ1) is 19.7. The highest BCUT2D eigenvalue weighted by Crippen LogP contribution is 2.23. The summed E-state index contributed by atoms with van der Waals surface area (Å²) >= 11 is 0. The second-order valence-electron chi connectivity index (χ2n) is 6.49. The lowest BCUT2D eigenvalue weighted by atomic mass is 9.86. The smallest absolute Gasteiger partial charge is 0.240 e. The molecule has 0 saturated heterocycles. The first-order chi connectivity index (χ1) is 11.9. The van der Waals surface area contributed by atoms with Gasteiger partial charge in [0.05, 0.1) is 11.5 Å². The van der Waals surface area contributed by atoms with Crippen molar-refractivity contribution in [1.29, 1.82) is 0 Å². The number of sulfonamides is 1. The normalized spacial score (nSPS) is 20.9. The minimum Gasteiger partial charge on any atom is -0.494 e. The number of amides is 1. The molecule has 7 heteroatoms. The Balaban J connectivity index is 1.80. The van der Waals surface area contributed by atoms with Gasteiger partial charge in [0.25, 0.3) is 0 Å². The maximum absolute atomic E-state index is 12.2. The molecule has 0 aromatic heterocycles. The van der Waals surface area contributed by atoms with Crippen molar-refractivity contribution in [1.82, 2.24) is 10.0 Å². The standard InChI is InChI=1S/C18H28N2O4S/c1-3-24-15-8-10-16(11-9-15)25(22,23)19-13-12-18(21)20-17-7-5-4-6-14(17)2/h8-11,14,17,19H,3-7,12-13H2,1-2H3,(H,20,21). The zero-order valence-electron chi connectivity index (χ0n) is 15.0. The molecule has 0 radical (unpaired) electrons. The Morgan fingerprint density at radius 2 is 1.88 bits per heavy atom. The van der Waals surface area contributed by atoms with Crippen LogP contribution in [0.15, 0.2) is 29.2 Å². The van der Waals surface area contributed by atoms with Gasteiger partial charge in [0, 0.05) is 19.0 Å². The van der Waals surface area contributed by atoms with E-state index in [1.165, 1.54) is 18.6 Å². The van der Waals surface area contributed by atoms with Crippen LogP contribution in [0.4, 0.5) is 0 Å². The van der Waals surface area contributed by atoms with Gasteiger partial charge in [-0.05, 0) is 49.9 Å². The van der Waals surface area contributed by atoms with Gasteiger partial charge in [-0.15, -0.1) is 0 Å². The van der Waals surface area contributed by atoms with Crippen molar-refractivity contribution in [3.63, 3.8) is 0 Å². The summed E-state index contributed by atoms with van der Waals surface area (Å²) in [6.07, 6.45) is 4.63. The third-order valence-corrected chi connectivity index (χ3v) is 6.02. The van der Waals surface area contributed by atoms with Gasteiger partial charge in [0.2, 0.25) is 15.9 Å². The minimum atomic E-state index is -3.62. The van der Waals surface area contributed by atoms with Gasteiger partial charge in [-0.25, -0.2) is 13.1 Å². The largest absolute Gasteiger partial charge is 0.494 e. The molecule has 25 heavy (non-hydrogen) atoms. The zero-order valence-corrected chi connectivity index (χ0v) is 15.8. The van der Waals surface area contributed by atoms with E-state index < -0.39 is 10.0 Å². The summed E-state index contributed by atoms with van der Waals surface area (Å²) < 4.78 is 32.3. The van der Waals surface area contributed by atoms with Crippen molar-refractivity contribution in [3.8, 4) is 5.75 Å². The number of hydrogen-bond acceptors (Lipinski definition) is 4. The van der Waals surface area contributed by atoms with Gasteiger partial charge >= 0.3 is 0 Å². The number of nitrogens with one attached hydrogen (secondary N) is 2. The minimum absolute atomic E-state index is 0.0858. The lowest BCUT2D eigenvalue weighted by Crippen LogP contribution is -2.42. The summed E-state index contributed by atoms with van der Waals surface area (Å²) in [7, 11) is -3.62. The summed E-state index contributed by atoms with van der Waals surface area (Å²) in [6, 6.07) is 6.45. The van der Waals surface area contributed by atoms with E-state index in [4.69, 9.17) is 4.74 Å². The molecule has 1 fully saturated rings. The molecule has 1 amide bonds. The van der Waals surface area contributed by atoms with Crippen molar-refractivity contribution in [3.05, 3.63) is 24.3 Å². The average Bonchev–Trinajstić information content (AvgIpc) is 2.58. The second kappa shape index (κ2) is 9.20. The third-order valence-electron chi connectivity index (χ3n) is 4.55. The van der Waals surface area contributed by atoms with Crippen LogP contribution in [0, 0.1) is 5.92 Å². The Kier molecular flexibility index (Phi) is 7.25. The second-order valence-corrected chi connectivity index (χ2v) is 8.25. The lowest BCUT2D eigenvalue weighted by Gasteiger charge is -2.29. The molecule has 1 aromatic rings. The van der Waals surface area contributed by atoms with Crippen molar-refractivity contribution in [2.45, 2.75) is 56.9 Å². The number of ether oxygens (including phenoxy) is 1. The van der Waals surface area contributed by atoms with Gasteiger partial charge in [-0.2, -0.15) is 0 Å². The first-order valence-electron chi connectivity index (χ1n) is 8.94. The van der Waals surface area contributed by atoms with E-state index in [-0.39, 0.29) is 29.8 Å². The van der Waals surface area contributed by atoms with Crippen molar-refractivity contribution in [2.24, 2.45) is 5.92 Å². The van der Waals surface area contributed by atoms with Crippen LogP contribution in [0.25, 0.3) is 0 Å². The fourth-order valence-corrected chi connectivity index (χ4v) is 4.11. The first-order valence-corrected chi connectivity index (χ1v) is 10.4. The van der Waals surface area contributed by atoms with Crippen LogP contribution in [-0.2, 0) is 14.8 Å². The fourth-order valence-electron chi connectivity index (χ4n) is 3.07. The molecule has 0 spiro atoms. The quantitative estimate of drug-likeness (QED) is 0.738. The molecule has 1 aliphatic rings. The van der Waals surface area contributed by atoms with Crippen LogP contribution in [0.1, 0.15) is 46.0 Å². The molecule has 2 rings (SSSR count). The molecule has 6 nitrogen and oxygen atoms in total. The Hall–Kier alpha value is -1.60. The highest BCUT2D eigenvalue weighted by Gasteiger charge is 2.22.